The Morgan fingerprint density at radius 1 is 1.32 bits per heavy atom. The van der Waals surface area contributed by atoms with Gasteiger partial charge in [0.2, 0.25) is 0 Å². The highest BCUT2D eigenvalue weighted by Crippen LogP contribution is 2.28. The summed E-state index contributed by atoms with van der Waals surface area (Å²) in [4.78, 5) is 0.934. The van der Waals surface area contributed by atoms with Gasteiger partial charge in [0.05, 0.1) is 10.8 Å². The summed E-state index contributed by atoms with van der Waals surface area (Å²) in [6.45, 7) is 3.09. The van der Waals surface area contributed by atoms with Crippen molar-refractivity contribution in [3.63, 3.8) is 0 Å². The zero-order valence-electron chi connectivity index (χ0n) is 11.4. The van der Waals surface area contributed by atoms with Crippen molar-refractivity contribution in [1.29, 1.82) is 0 Å². The monoisotopic (exact) mass is 343 g/mol. The van der Waals surface area contributed by atoms with Crippen molar-refractivity contribution in [3.05, 3.63) is 28.7 Å². The molecule has 0 amide bonds. The average Bonchev–Trinajstić information content (AvgIpc) is 2.92. The summed E-state index contributed by atoms with van der Waals surface area (Å²) in [5, 5.41) is 3.53. The van der Waals surface area contributed by atoms with Crippen LogP contribution in [0.15, 0.2) is 33.6 Å². The predicted octanol–water partition coefficient (Wildman–Crippen LogP) is 3.73. The van der Waals surface area contributed by atoms with Gasteiger partial charge in [-0.05, 0) is 49.6 Å². The van der Waals surface area contributed by atoms with Crippen molar-refractivity contribution >= 4 is 26.7 Å². The first-order chi connectivity index (χ1) is 9.20. The van der Waals surface area contributed by atoms with Crippen LogP contribution in [0.4, 0.5) is 0 Å². The molecule has 2 atom stereocenters. The molecule has 4 heteroatoms. The fourth-order valence-corrected chi connectivity index (χ4v) is 4.44. The highest BCUT2D eigenvalue weighted by molar-refractivity contribution is 9.10. The van der Waals surface area contributed by atoms with Crippen molar-refractivity contribution < 1.29 is 4.21 Å². The summed E-state index contributed by atoms with van der Waals surface area (Å²) in [5.74, 6) is 1.44. The molecule has 2 unspecified atom stereocenters. The molecule has 19 heavy (non-hydrogen) atoms. The van der Waals surface area contributed by atoms with Gasteiger partial charge >= 0.3 is 0 Å². The molecular formula is C15H22BrNOS. The molecule has 1 N–H and O–H groups in total. The molecule has 0 bridgehead atoms. The second kappa shape index (κ2) is 7.55. The third-order valence-corrected chi connectivity index (χ3v) is 5.83. The maximum Gasteiger partial charge on any atom is 0.0545 e. The number of hydrogen-bond acceptors (Lipinski definition) is 2. The number of hydrogen-bond donors (Lipinski definition) is 1. The molecule has 0 aromatic heterocycles. The van der Waals surface area contributed by atoms with Crippen LogP contribution in [0.1, 0.15) is 32.6 Å². The Bertz CT molecular complexity index is 415. The molecule has 1 saturated carbocycles. The minimum Gasteiger partial charge on any atom is -0.313 e. The second-order valence-corrected chi connectivity index (χ2v) is 7.59. The van der Waals surface area contributed by atoms with Crippen molar-refractivity contribution in [3.8, 4) is 0 Å². The van der Waals surface area contributed by atoms with Gasteiger partial charge in [-0.3, -0.25) is 4.21 Å². The molecule has 1 aromatic carbocycles. The molecule has 1 aliphatic carbocycles. The number of benzene rings is 1. The van der Waals surface area contributed by atoms with Crippen LogP contribution in [-0.2, 0) is 10.8 Å². The van der Waals surface area contributed by atoms with Crippen LogP contribution in [0.5, 0.6) is 0 Å². The van der Waals surface area contributed by atoms with Crippen molar-refractivity contribution in [2.45, 2.75) is 43.5 Å². The highest BCUT2D eigenvalue weighted by Gasteiger charge is 2.26. The Hall–Kier alpha value is -0.190. The van der Waals surface area contributed by atoms with Gasteiger partial charge in [-0.15, -0.1) is 0 Å². The SMILES string of the molecule is CCNC(CS(=O)c1ccc(Br)cc1)C1CCCC1. The lowest BCUT2D eigenvalue weighted by molar-refractivity contribution is 0.392. The topological polar surface area (TPSA) is 29.1 Å². The predicted molar refractivity (Wildman–Crippen MR) is 84.8 cm³/mol. The minimum atomic E-state index is -0.903. The Morgan fingerprint density at radius 3 is 2.53 bits per heavy atom. The van der Waals surface area contributed by atoms with E-state index in [0.29, 0.717) is 12.0 Å². The average molecular weight is 344 g/mol. The highest BCUT2D eigenvalue weighted by atomic mass is 79.9. The number of nitrogens with one attached hydrogen (secondary N) is 1. The van der Waals surface area contributed by atoms with E-state index < -0.39 is 10.8 Å². The standard InChI is InChI=1S/C15H22BrNOS/c1-2-17-15(12-5-3-4-6-12)11-19(18)14-9-7-13(16)8-10-14/h7-10,12,15,17H,2-6,11H2,1H3. The molecule has 1 aromatic rings. The molecule has 0 heterocycles. The molecule has 0 radical (unpaired) electrons. The largest absolute Gasteiger partial charge is 0.313 e. The lowest BCUT2D eigenvalue weighted by atomic mass is 10.00. The van der Waals surface area contributed by atoms with E-state index in [1.807, 2.05) is 24.3 Å². The maximum absolute atomic E-state index is 12.5. The summed E-state index contributed by atoms with van der Waals surface area (Å²) >= 11 is 3.41. The van der Waals surface area contributed by atoms with Gasteiger partial charge in [0, 0.05) is 21.2 Å². The van der Waals surface area contributed by atoms with E-state index in [-0.39, 0.29) is 0 Å². The van der Waals surface area contributed by atoms with Crippen LogP contribution >= 0.6 is 15.9 Å². The van der Waals surface area contributed by atoms with Crippen LogP contribution in [-0.4, -0.2) is 22.5 Å². The molecule has 1 aliphatic rings. The smallest absolute Gasteiger partial charge is 0.0545 e. The van der Waals surface area contributed by atoms with E-state index >= 15 is 0 Å². The molecule has 0 saturated heterocycles. The van der Waals surface area contributed by atoms with Gasteiger partial charge < -0.3 is 5.32 Å². The molecule has 2 nitrogen and oxygen atoms in total. The van der Waals surface area contributed by atoms with E-state index in [1.165, 1.54) is 25.7 Å². The van der Waals surface area contributed by atoms with E-state index in [4.69, 9.17) is 0 Å². The van der Waals surface area contributed by atoms with Gasteiger partial charge in [-0.1, -0.05) is 35.7 Å². The minimum absolute atomic E-state index is 0.400. The van der Waals surface area contributed by atoms with Crippen LogP contribution < -0.4 is 5.32 Å². The number of halogens is 1. The number of rotatable bonds is 6. The van der Waals surface area contributed by atoms with E-state index in [9.17, 15) is 4.21 Å². The van der Waals surface area contributed by atoms with Gasteiger partial charge in [0.15, 0.2) is 0 Å². The van der Waals surface area contributed by atoms with E-state index in [1.54, 1.807) is 0 Å². The normalized spacial score (nSPS) is 19.5. The summed E-state index contributed by atoms with van der Waals surface area (Å²) in [6.07, 6.45) is 5.24. The third kappa shape index (κ3) is 4.40. The molecular weight excluding hydrogens is 322 g/mol. The van der Waals surface area contributed by atoms with E-state index in [0.717, 1.165) is 21.7 Å². The molecule has 106 valence electrons. The Kier molecular flexibility index (Phi) is 6.05. The second-order valence-electron chi connectivity index (χ2n) is 5.17. The van der Waals surface area contributed by atoms with Gasteiger partial charge in [-0.25, -0.2) is 0 Å². The molecule has 0 spiro atoms. The summed E-state index contributed by atoms with van der Waals surface area (Å²) in [6, 6.07) is 8.24. The van der Waals surface area contributed by atoms with Gasteiger partial charge in [0.1, 0.15) is 0 Å². The van der Waals surface area contributed by atoms with Crippen molar-refractivity contribution in [2.75, 3.05) is 12.3 Å². The zero-order valence-corrected chi connectivity index (χ0v) is 13.8. The molecule has 2 rings (SSSR count). The fraction of sp³-hybridized carbons (Fsp3) is 0.600. The molecule has 0 aliphatic heterocycles. The quantitative estimate of drug-likeness (QED) is 0.852. The van der Waals surface area contributed by atoms with Crippen LogP contribution in [0.2, 0.25) is 0 Å². The zero-order chi connectivity index (χ0) is 13.7. The van der Waals surface area contributed by atoms with Gasteiger partial charge in [-0.2, -0.15) is 0 Å². The summed E-state index contributed by atoms with van der Waals surface area (Å²) < 4.78 is 13.5. The summed E-state index contributed by atoms with van der Waals surface area (Å²) in [7, 11) is -0.903. The first-order valence-electron chi connectivity index (χ1n) is 7.08. The van der Waals surface area contributed by atoms with Crippen LogP contribution in [0, 0.1) is 5.92 Å². The summed E-state index contributed by atoms with van der Waals surface area (Å²) in [5.41, 5.74) is 0. The van der Waals surface area contributed by atoms with Crippen LogP contribution in [0.3, 0.4) is 0 Å². The lowest BCUT2D eigenvalue weighted by Gasteiger charge is -2.23. The van der Waals surface area contributed by atoms with E-state index in [2.05, 4.69) is 28.2 Å². The Balaban J connectivity index is 1.99. The fourth-order valence-electron chi connectivity index (χ4n) is 2.83. The maximum atomic E-state index is 12.5. The van der Waals surface area contributed by atoms with Crippen LogP contribution in [0.25, 0.3) is 0 Å². The lowest BCUT2D eigenvalue weighted by Crippen LogP contribution is -2.39. The molecule has 1 fully saturated rings. The first kappa shape index (κ1) is 15.2. The Morgan fingerprint density at radius 2 is 1.95 bits per heavy atom. The first-order valence-corrected chi connectivity index (χ1v) is 9.19. The van der Waals surface area contributed by atoms with Crippen molar-refractivity contribution in [1.82, 2.24) is 5.32 Å². The van der Waals surface area contributed by atoms with Gasteiger partial charge in [0.25, 0.3) is 0 Å². The van der Waals surface area contributed by atoms with Crippen molar-refractivity contribution in [2.24, 2.45) is 5.92 Å². The Labute approximate surface area is 127 Å². The third-order valence-electron chi connectivity index (χ3n) is 3.84.